The fourth-order valence-corrected chi connectivity index (χ4v) is 3.80. The molecule has 0 aliphatic carbocycles. The third-order valence-corrected chi connectivity index (χ3v) is 5.60. The lowest BCUT2D eigenvalue weighted by Gasteiger charge is -2.25. The molecule has 1 fully saturated rings. The molecule has 1 aliphatic heterocycles. The molecular formula is C23H29N5O2. The van der Waals surface area contributed by atoms with E-state index >= 15 is 0 Å². The first-order valence-corrected chi connectivity index (χ1v) is 10.7. The summed E-state index contributed by atoms with van der Waals surface area (Å²) in [5, 5.41) is 12.0. The quantitative estimate of drug-likeness (QED) is 0.628. The summed E-state index contributed by atoms with van der Waals surface area (Å²) >= 11 is 0. The predicted octanol–water partition coefficient (Wildman–Crippen LogP) is 3.32. The van der Waals surface area contributed by atoms with Crippen molar-refractivity contribution in [2.45, 2.75) is 45.7 Å². The Balaban J connectivity index is 1.54. The molecule has 30 heavy (non-hydrogen) atoms. The fourth-order valence-electron chi connectivity index (χ4n) is 3.80. The van der Waals surface area contributed by atoms with Crippen LogP contribution in [-0.2, 0) is 17.7 Å². The first-order valence-electron chi connectivity index (χ1n) is 10.7. The van der Waals surface area contributed by atoms with Crippen LogP contribution in [0.15, 0.2) is 36.7 Å². The Morgan fingerprint density at radius 2 is 1.97 bits per heavy atom. The van der Waals surface area contributed by atoms with Gasteiger partial charge in [0.1, 0.15) is 0 Å². The number of nitrogens with one attached hydrogen (secondary N) is 2. The SMILES string of the molecule is CCn1ncc2c(NC3CCOCC3)c(C(=O)NCCc3ccc(C)cc3)cnc21. The summed E-state index contributed by atoms with van der Waals surface area (Å²) in [4.78, 5) is 17.6. The molecule has 158 valence electrons. The van der Waals surface area contributed by atoms with E-state index in [9.17, 15) is 4.79 Å². The van der Waals surface area contributed by atoms with E-state index in [1.807, 2.05) is 11.6 Å². The topological polar surface area (TPSA) is 81.1 Å². The lowest BCUT2D eigenvalue weighted by atomic mass is 10.1. The number of hydrogen-bond acceptors (Lipinski definition) is 5. The maximum Gasteiger partial charge on any atom is 0.254 e. The zero-order valence-electron chi connectivity index (χ0n) is 17.6. The van der Waals surface area contributed by atoms with Crippen LogP contribution in [0.1, 0.15) is 41.3 Å². The molecule has 0 saturated carbocycles. The van der Waals surface area contributed by atoms with Gasteiger partial charge < -0.3 is 15.4 Å². The van der Waals surface area contributed by atoms with Crippen molar-refractivity contribution in [3.8, 4) is 0 Å². The van der Waals surface area contributed by atoms with Crippen LogP contribution in [-0.4, -0.2) is 46.5 Å². The summed E-state index contributed by atoms with van der Waals surface area (Å²) in [7, 11) is 0. The number of ether oxygens (including phenoxy) is 1. The van der Waals surface area contributed by atoms with Crippen LogP contribution in [0, 0.1) is 6.92 Å². The molecule has 4 rings (SSSR count). The maximum absolute atomic E-state index is 13.0. The summed E-state index contributed by atoms with van der Waals surface area (Å²) in [6.07, 6.45) is 6.09. The summed E-state index contributed by atoms with van der Waals surface area (Å²) in [5.74, 6) is -0.115. The molecule has 2 aromatic heterocycles. The second-order valence-corrected chi connectivity index (χ2v) is 7.77. The number of carbonyl (C=O) groups is 1. The van der Waals surface area contributed by atoms with Crippen molar-refractivity contribution in [1.82, 2.24) is 20.1 Å². The van der Waals surface area contributed by atoms with Crippen molar-refractivity contribution in [3.63, 3.8) is 0 Å². The van der Waals surface area contributed by atoms with Gasteiger partial charge in [0, 0.05) is 38.5 Å². The third kappa shape index (κ3) is 4.46. The smallest absolute Gasteiger partial charge is 0.254 e. The number of benzene rings is 1. The number of pyridine rings is 1. The van der Waals surface area contributed by atoms with Crippen LogP contribution in [0.4, 0.5) is 5.69 Å². The first kappa shape index (κ1) is 20.3. The summed E-state index contributed by atoms with van der Waals surface area (Å²) in [6.45, 7) is 6.88. The molecule has 0 radical (unpaired) electrons. The highest BCUT2D eigenvalue weighted by atomic mass is 16.5. The molecule has 2 N–H and O–H groups in total. The van der Waals surface area contributed by atoms with E-state index in [1.54, 1.807) is 12.4 Å². The molecule has 0 unspecified atom stereocenters. The normalized spacial score (nSPS) is 14.7. The van der Waals surface area contributed by atoms with Crippen LogP contribution in [0.3, 0.4) is 0 Å². The Bertz CT molecular complexity index is 1010. The van der Waals surface area contributed by atoms with Gasteiger partial charge in [0.15, 0.2) is 5.65 Å². The number of rotatable bonds is 7. The number of nitrogens with zero attached hydrogens (tertiary/aromatic N) is 3. The van der Waals surface area contributed by atoms with Crippen molar-refractivity contribution in [3.05, 3.63) is 53.3 Å². The number of hydrogen-bond donors (Lipinski definition) is 2. The molecule has 7 nitrogen and oxygen atoms in total. The first-order chi connectivity index (χ1) is 14.7. The van der Waals surface area contributed by atoms with Crippen molar-refractivity contribution < 1.29 is 9.53 Å². The van der Waals surface area contributed by atoms with Gasteiger partial charge in [0.25, 0.3) is 5.91 Å². The van der Waals surface area contributed by atoms with Gasteiger partial charge in [-0.25, -0.2) is 9.67 Å². The van der Waals surface area contributed by atoms with Gasteiger partial charge in [-0.3, -0.25) is 4.79 Å². The Labute approximate surface area is 176 Å². The van der Waals surface area contributed by atoms with Gasteiger partial charge in [0.05, 0.1) is 22.8 Å². The van der Waals surface area contributed by atoms with E-state index in [4.69, 9.17) is 4.74 Å². The highest BCUT2D eigenvalue weighted by molar-refractivity contribution is 6.06. The van der Waals surface area contributed by atoms with E-state index < -0.39 is 0 Å². The third-order valence-electron chi connectivity index (χ3n) is 5.60. The Hall–Kier alpha value is -2.93. The van der Waals surface area contributed by atoms with Crippen LogP contribution in [0.25, 0.3) is 11.0 Å². The number of fused-ring (bicyclic) bond motifs is 1. The lowest BCUT2D eigenvalue weighted by molar-refractivity contribution is 0.0904. The average Bonchev–Trinajstić information content (AvgIpc) is 3.20. The summed E-state index contributed by atoms with van der Waals surface area (Å²) < 4.78 is 7.33. The molecule has 3 aromatic rings. The number of carbonyl (C=O) groups excluding carboxylic acids is 1. The fraction of sp³-hybridized carbons (Fsp3) is 0.435. The largest absolute Gasteiger partial charge is 0.381 e. The standard InChI is InChI=1S/C23H29N5O2/c1-3-28-22-19(15-26-28)21(27-18-9-12-30-13-10-18)20(14-25-22)23(29)24-11-8-17-6-4-16(2)5-7-17/h4-7,14-15,18H,3,8-13H2,1-2H3,(H,24,29)(H,25,27). The Morgan fingerprint density at radius 3 is 2.70 bits per heavy atom. The van der Waals surface area contributed by atoms with Crippen molar-refractivity contribution in [1.29, 1.82) is 0 Å². The van der Waals surface area contributed by atoms with Crippen molar-refractivity contribution in [2.75, 3.05) is 25.1 Å². The highest BCUT2D eigenvalue weighted by Gasteiger charge is 2.21. The van der Waals surface area contributed by atoms with Crippen molar-refractivity contribution in [2.24, 2.45) is 0 Å². The molecule has 0 bridgehead atoms. The molecular weight excluding hydrogens is 378 g/mol. The zero-order valence-corrected chi connectivity index (χ0v) is 17.6. The Kier molecular flexibility index (Phi) is 6.28. The lowest BCUT2D eigenvalue weighted by Crippen LogP contribution is -2.31. The monoisotopic (exact) mass is 407 g/mol. The minimum atomic E-state index is -0.115. The van der Waals surface area contributed by atoms with Crippen LogP contribution >= 0.6 is 0 Å². The molecule has 1 amide bonds. The average molecular weight is 408 g/mol. The maximum atomic E-state index is 13.0. The van der Waals surface area contributed by atoms with Crippen LogP contribution in [0.5, 0.6) is 0 Å². The molecule has 3 heterocycles. The second kappa shape index (κ2) is 9.26. The predicted molar refractivity (Wildman–Crippen MR) is 118 cm³/mol. The van der Waals surface area contributed by atoms with Gasteiger partial charge >= 0.3 is 0 Å². The molecule has 7 heteroatoms. The van der Waals surface area contributed by atoms with Crippen molar-refractivity contribution >= 4 is 22.6 Å². The summed E-state index contributed by atoms with van der Waals surface area (Å²) in [6, 6.07) is 8.67. The summed E-state index contributed by atoms with van der Waals surface area (Å²) in [5.41, 5.74) is 4.62. The van der Waals surface area contributed by atoms with Crippen LogP contribution in [0.2, 0.25) is 0 Å². The van der Waals surface area contributed by atoms with E-state index in [-0.39, 0.29) is 11.9 Å². The number of aromatic nitrogens is 3. The van der Waals surface area contributed by atoms with E-state index in [2.05, 4.69) is 51.9 Å². The van der Waals surface area contributed by atoms with Gasteiger partial charge in [-0.05, 0) is 38.7 Å². The minimum Gasteiger partial charge on any atom is -0.381 e. The van der Waals surface area contributed by atoms with Gasteiger partial charge in [-0.1, -0.05) is 29.8 Å². The van der Waals surface area contributed by atoms with Gasteiger partial charge in [-0.15, -0.1) is 0 Å². The molecule has 1 aromatic carbocycles. The van der Waals surface area contributed by atoms with E-state index in [1.165, 1.54) is 11.1 Å². The molecule has 0 spiro atoms. The van der Waals surface area contributed by atoms with E-state index in [0.717, 1.165) is 55.7 Å². The zero-order chi connectivity index (χ0) is 20.9. The van der Waals surface area contributed by atoms with Crippen LogP contribution < -0.4 is 10.6 Å². The van der Waals surface area contributed by atoms with Gasteiger partial charge in [0.2, 0.25) is 0 Å². The number of anilines is 1. The number of aryl methyl sites for hydroxylation is 2. The molecule has 0 atom stereocenters. The Morgan fingerprint density at radius 1 is 1.20 bits per heavy atom. The van der Waals surface area contributed by atoms with E-state index in [0.29, 0.717) is 12.1 Å². The molecule has 1 saturated heterocycles. The molecule has 1 aliphatic rings. The number of amides is 1. The van der Waals surface area contributed by atoms with Gasteiger partial charge in [-0.2, -0.15) is 5.10 Å². The second-order valence-electron chi connectivity index (χ2n) is 7.77. The minimum absolute atomic E-state index is 0.115. The highest BCUT2D eigenvalue weighted by Crippen LogP contribution is 2.28.